The molecule has 0 saturated heterocycles. The van der Waals surface area contributed by atoms with Crippen molar-refractivity contribution in [3.8, 4) is 11.4 Å². The molecule has 0 atom stereocenters. The molecule has 4 aromatic rings. The van der Waals surface area contributed by atoms with Crippen LogP contribution < -0.4 is 9.64 Å². The molecule has 168 valence electrons. The standard InChI is InChI=1S/C25H25N5O2S/c1-28-14-5-7-20(28)16-23-26-27-25(30(23)19-9-11-21(32-2)12-10-19)33-17-24(31)29-15-13-18-6-3-4-8-22(18)29/h3-12,14H,13,15-17H2,1-2H3. The summed E-state index contributed by atoms with van der Waals surface area (Å²) in [6.45, 7) is 0.725. The molecule has 8 heteroatoms. The maximum Gasteiger partial charge on any atom is 0.237 e. The zero-order valence-corrected chi connectivity index (χ0v) is 19.5. The molecule has 33 heavy (non-hydrogen) atoms. The van der Waals surface area contributed by atoms with Crippen LogP contribution in [-0.4, -0.2) is 44.6 Å². The van der Waals surface area contributed by atoms with E-state index < -0.39 is 0 Å². The van der Waals surface area contributed by atoms with Gasteiger partial charge in [-0.3, -0.25) is 9.36 Å². The number of para-hydroxylation sites is 1. The number of hydrogen-bond acceptors (Lipinski definition) is 5. The van der Waals surface area contributed by atoms with E-state index in [2.05, 4.69) is 26.9 Å². The van der Waals surface area contributed by atoms with E-state index >= 15 is 0 Å². The Morgan fingerprint density at radius 2 is 1.88 bits per heavy atom. The lowest BCUT2D eigenvalue weighted by Gasteiger charge is -2.17. The Bertz CT molecular complexity index is 1280. The first-order chi connectivity index (χ1) is 16.1. The molecular formula is C25H25N5O2S. The molecule has 2 aromatic heterocycles. The molecule has 0 radical (unpaired) electrons. The number of amides is 1. The molecule has 1 aliphatic heterocycles. The average molecular weight is 460 g/mol. The number of fused-ring (bicyclic) bond motifs is 1. The normalized spacial score (nSPS) is 12.7. The number of nitrogens with zero attached hydrogens (tertiary/aromatic N) is 5. The van der Waals surface area contributed by atoms with Crippen molar-refractivity contribution in [3.05, 3.63) is 83.9 Å². The number of carbonyl (C=O) groups is 1. The third-order valence-electron chi connectivity index (χ3n) is 5.93. The summed E-state index contributed by atoms with van der Waals surface area (Å²) in [6, 6.07) is 20.0. The maximum atomic E-state index is 13.0. The highest BCUT2D eigenvalue weighted by atomic mass is 32.2. The minimum atomic E-state index is 0.0817. The van der Waals surface area contributed by atoms with E-state index in [0.717, 1.165) is 41.6 Å². The van der Waals surface area contributed by atoms with Gasteiger partial charge in [0.15, 0.2) is 5.16 Å². The molecule has 1 aliphatic rings. The van der Waals surface area contributed by atoms with Crippen LogP contribution in [0.1, 0.15) is 17.1 Å². The van der Waals surface area contributed by atoms with Gasteiger partial charge < -0.3 is 14.2 Å². The number of aromatic nitrogens is 4. The monoisotopic (exact) mass is 459 g/mol. The fraction of sp³-hybridized carbons (Fsp3) is 0.240. The van der Waals surface area contributed by atoms with Gasteiger partial charge >= 0.3 is 0 Å². The molecule has 0 N–H and O–H groups in total. The Labute approximate surface area is 197 Å². The van der Waals surface area contributed by atoms with E-state index in [4.69, 9.17) is 4.74 Å². The molecule has 0 saturated carbocycles. The van der Waals surface area contributed by atoms with Crippen LogP contribution in [0.2, 0.25) is 0 Å². The van der Waals surface area contributed by atoms with Gasteiger partial charge in [0.05, 0.1) is 12.9 Å². The van der Waals surface area contributed by atoms with Crippen LogP contribution in [0.15, 0.2) is 72.0 Å². The van der Waals surface area contributed by atoms with Gasteiger partial charge in [-0.2, -0.15) is 0 Å². The fourth-order valence-electron chi connectivity index (χ4n) is 4.14. The molecule has 3 heterocycles. The van der Waals surface area contributed by atoms with Crippen molar-refractivity contribution in [2.75, 3.05) is 24.3 Å². The van der Waals surface area contributed by atoms with Crippen molar-refractivity contribution in [2.24, 2.45) is 7.05 Å². The summed E-state index contributed by atoms with van der Waals surface area (Å²) in [6.07, 6.45) is 3.55. The van der Waals surface area contributed by atoms with E-state index in [1.54, 1.807) is 7.11 Å². The van der Waals surface area contributed by atoms with Crippen LogP contribution in [0.25, 0.3) is 5.69 Å². The van der Waals surface area contributed by atoms with E-state index in [0.29, 0.717) is 17.3 Å². The summed E-state index contributed by atoms with van der Waals surface area (Å²) in [4.78, 5) is 14.9. The van der Waals surface area contributed by atoms with Gasteiger partial charge in [0.2, 0.25) is 5.91 Å². The third-order valence-corrected chi connectivity index (χ3v) is 6.85. The van der Waals surface area contributed by atoms with Gasteiger partial charge in [-0.1, -0.05) is 30.0 Å². The number of anilines is 1. The second-order valence-electron chi connectivity index (χ2n) is 7.93. The van der Waals surface area contributed by atoms with Gasteiger partial charge in [0.25, 0.3) is 0 Å². The predicted octanol–water partition coefficient (Wildman–Crippen LogP) is 3.89. The van der Waals surface area contributed by atoms with Crippen molar-refractivity contribution in [1.29, 1.82) is 0 Å². The van der Waals surface area contributed by atoms with E-state index in [1.165, 1.54) is 17.3 Å². The van der Waals surface area contributed by atoms with Gasteiger partial charge in [-0.05, 0) is 54.4 Å². The molecule has 5 rings (SSSR count). The first-order valence-corrected chi connectivity index (χ1v) is 11.8. The Balaban J connectivity index is 1.41. The molecule has 0 aliphatic carbocycles. The zero-order chi connectivity index (χ0) is 22.8. The van der Waals surface area contributed by atoms with Crippen LogP contribution in [0, 0.1) is 0 Å². The van der Waals surface area contributed by atoms with Gasteiger partial charge in [0.1, 0.15) is 11.6 Å². The smallest absolute Gasteiger partial charge is 0.237 e. The second-order valence-corrected chi connectivity index (χ2v) is 8.87. The van der Waals surface area contributed by atoms with Crippen molar-refractivity contribution < 1.29 is 9.53 Å². The molecule has 1 amide bonds. The number of hydrogen-bond donors (Lipinski definition) is 0. The lowest BCUT2D eigenvalue weighted by Crippen LogP contribution is -2.30. The molecule has 0 bridgehead atoms. The highest BCUT2D eigenvalue weighted by Crippen LogP contribution is 2.30. The quantitative estimate of drug-likeness (QED) is 0.393. The van der Waals surface area contributed by atoms with Gasteiger partial charge in [-0.25, -0.2) is 0 Å². The third kappa shape index (κ3) is 4.26. The summed E-state index contributed by atoms with van der Waals surface area (Å²) >= 11 is 1.42. The van der Waals surface area contributed by atoms with Crippen molar-refractivity contribution in [1.82, 2.24) is 19.3 Å². The van der Waals surface area contributed by atoms with E-state index in [9.17, 15) is 4.79 Å². The minimum absolute atomic E-state index is 0.0817. The molecule has 2 aromatic carbocycles. The summed E-state index contributed by atoms with van der Waals surface area (Å²) in [5, 5.41) is 9.64. The van der Waals surface area contributed by atoms with Crippen LogP contribution >= 0.6 is 11.8 Å². The van der Waals surface area contributed by atoms with Crippen molar-refractivity contribution in [3.63, 3.8) is 0 Å². The highest BCUT2D eigenvalue weighted by molar-refractivity contribution is 7.99. The first-order valence-electron chi connectivity index (χ1n) is 10.8. The van der Waals surface area contributed by atoms with Crippen LogP contribution in [0.4, 0.5) is 5.69 Å². The van der Waals surface area contributed by atoms with Crippen LogP contribution in [0.5, 0.6) is 5.75 Å². The van der Waals surface area contributed by atoms with Crippen molar-refractivity contribution >= 4 is 23.4 Å². The Kier molecular flexibility index (Phi) is 5.92. The molecule has 0 spiro atoms. The van der Waals surface area contributed by atoms with Gasteiger partial charge in [-0.15, -0.1) is 10.2 Å². The molecular weight excluding hydrogens is 434 g/mol. The van der Waals surface area contributed by atoms with Crippen LogP contribution in [0.3, 0.4) is 0 Å². The maximum absolute atomic E-state index is 13.0. The predicted molar refractivity (Wildman–Crippen MR) is 129 cm³/mol. The number of ether oxygens (including phenoxy) is 1. The number of methoxy groups -OCH3 is 1. The number of thioether (sulfide) groups is 1. The molecule has 0 fully saturated rings. The van der Waals surface area contributed by atoms with E-state index in [-0.39, 0.29) is 5.91 Å². The minimum Gasteiger partial charge on any atom is -0.497 e. The SMILES string of the molecule is COc1ccc(-n2c(Cc3cccn3C)nnc2SCC(=O)N2CCc3ccccc32)cc1. The highest BCUT2D eigenvalue weighted by Gasteiger charge is 2.25. The number of benzene rings is 2. The number of carbonyl (C=O) groups excluding carboxylic acids is 1. The lowest BCUT2D eigenvalue weighted by atomic mass is 10.2. The summed E-state index contributed by atoms with van der Waals surface area (Å²) in [5.41, 5.74) is 4.32. The zero-order valence-electron chi connectivity index (χ0n) is 18.6. The van der Waals surface area contributed by atoms with Gasteiger partial charge in [0, 0.05) is 43.3 Å². The first kappa shape index (κ1) is 21.3. The fourth-order valence-corrected chi connectivity index (χ4v) is 4.99. The van der Waals surface area contributed by atoms with Crippen LogP contribution in [-0.2, 0) is 24.7 Å². The average Bonchev–Trinajstić information content (AvgIpc) is 3.56. The lowest BCUT2D eigenvalue weighted by molar-refractivity contribution is -0.116. The largest absolute Gasteiger partial charge is 0.497 e. The molecule has 0 unspecified atom stereocenters. The summed E-state index contributed by atoms with van der Waals surface area (Å²) in [5.74, 6) is 1.99. The second kappa shape index (κ2) is 9.15. The topological polar surface area (TPSA) is 65.2 Å². The summed E-state index contributed by atoms with van der Waals surface area (Å²) < 4.78 is 9.42. The number of rotatable bonds is 7. The Hall–Kier alpha value is -3.52. The number of aryl methyl sites for hydroxylation is 1. The Morgan fingerprint density at radius 1 is 1.06 bits per heavy atom. The Morgan fingerprint density at radius 3 is 2.64 bits per heavy atom. The molecule has 7 nitrogen and oxygen atoms in total. The van der Waals surface area contributed by atoms with E-state index in [1.807, 2.05) is 71.2 Å². The van der Waals surface area contributed by atoms with Crippen molar-refractivity contribution in [2.45, 2.75) is 18.0 Å². The summed E-state index contributed by atoms with van der Waals surface area (Å²) in [7, 11) is 3.67.